The molecule has 0 unspecified atom stereocenters. The first-order valence-corrected chi connectivity index (χ1v) is 10.9. The number of rotatable bonds is 5. The van der Waals surface area contributed by atoms with E-state index >= 15 is 0 Å². The van der Waals surface area contributed by atoms with Crippen LogP contribution in [0, 0.1) is 0 Å². The molecule has 0 spiro atoms. The zero-order chi connectivity index (χ0) is 23.4. The largest absolute Gasteiger partial charge is 0.378 e. The molecule has 2 N–H and O–H groups in total. The first-order valence-electron chi connectivity index (χ1n) is 10.9. The van der Waals surface area contributed by atoms with Gasteiger partial charge in [0.15, 0.2) is 0 Å². The van der Waals surface area contributed by atoms with Gasteiger partial charge in [0.1, 0.15) is 0 Å². The standard InChI is InChI=1S/C27H27N3O3/c1-29(2)24-12-10-21(11-13-24)25(16-19-6-4-3-5-7-19)27(32)30-15-14-20-8-9-22(26(31)28-33)17-23(20)18-30/h3-13,16-17,33H,14-15,18H2,1-2H3,(H,28,31). The average Bonchev–Trinajstić information content (AvgIpc) is 2.86. The highest BCUT2D eigenvalue weighted by Crippen LogP contribution is 2.27. The van der Waals surface area contributed by atoms with E-state index in [0.29, 0.717) is 30.6 Å². The van der Waals surface area contributed by atoms with Gasteiger partial charge in [-0.2, -0.15) is 0 Å². The van der Waals surface area contributed by atoms with E-state index < -0.39 is 5.91 Å². The van der Waals surface area contributed by atoms with E-state index in [1.54, 1.807) is 17.6 Å². The normalized spacial score (nSPS) is 13.3. The summed E-state index contributed by atoms with van der Waals surface area (Å²) in [6, 6.07) is 23.1. The van der Waals surface area contributed by atoms with Crippen molar-refractivity contribution in [3.05, 3.63) is 101 Å². The highest BCUT2D eigenvalue weighted by molar-refractivity contribution is 6.24. The van der Waals surface area contributed by atoms with Crippen LogP contribution < -0.4 is 10.4 Å². The van der Waals surface area contributed by atoms with Crippen LogP contribution in [0.5, 0.6) is 0 Å². The Morgan fingerprint density at radius 3 is 2.30 bits per heavy atom. The Bertz CT molecular complexity index is 1180. The van der Waals surface area contributed by atoms with E-state index in [2.05, 4.69) is 0 Å². The third-order valence-electron chi connectivity index (χ3n) is 5.91. The fraction of sp³-hybridized carbons (Fsp3) is 0.185. The van der Waals surface area contributed by atoms with Crippen molar-refractivity contribution < 1.29 is 14.8 Å². The van der Waals surface area contributed by atoms with Gasteiger partial charge in [-0.25, -0.2) is 5.48 Å². The third kappa shape index (κ3) is 4.96. The zero-order valence-electron chi connectivity index (χ0n) is 18.8. The molecule has 0 saturated carbocycles. The lowest BCUT2D eigenvalue weighted by Crippen LogP contribution is -2.36. The average molecular weight is 442 g/mol. The Balaban J connectivity index is 1.67. The zero-order valence-corrected chi connectivity index (χ0v) is 18.8. The van der Waals surface area contributed by atoms with Gasteiger partial charge < -0.3 is 9.80 Å². The minimum Gasteiger partial charge on any atom is -0.378 e. The molecule has 2 amide bonds. The van der Waals surface area contributed by atoms with Gasteiger partial charge in [-0.3, -0.25) is 14.8 Å². The number of benzene rings is 3. The molecule has 0 bridgehead atoms. The summed E-state index contributed by atoms with van der Waals surface area (Å²) in [6.45, 7) is 1.00. The first kappa shape index (κ1) is 22.3. The van der Waals surface area contributed by atoms with Crippen LogP contribution in [-0.2, 0) is 17.8 Å². The maximum Gasteiger partial charge on any atom is 0.274 e. The molecular formula is C27H27N3O3. The van der Waals surface area contributed by atoms with Crippen molar-refractivity contribution >= 4 is 29.2 Å². The Kier molecular flexibility index (Phi) is 6.56. The summed E-state index contributed by atoms with van der Waals surface area (Å²) in [7, 11) is 3.97. The number of carbonyl (C=O) groups excluding carboxylic acids is 2. The van der Waals surface area contributed by atoms with Crippen LogP contribution in [0.4, 0.5) is 5.69 Å². The number of fused-ring (bicyclic) bond motifs is 1. The third-order valence-corrected chi connectivity index (χ3v) is 5.91. The molecule has 3 aromatic rings. The molecule has 4 rings (SSSR count). The lowest BCUT2D eigenvalue weighted by molar-refractivity contribution is -0.125. The van der Waals surface area contributed by atoms with Crippen LogP contribution in [-0.4, -0.2) is 42.6 Å². The number of amides is 2. The lowest BCUT2D eigenvalue weighted by atomic mass is 9.95. The highest BCUT2D eigenvalue weighted by Gasteiger charge is 2.25. The van der Waals surface area contributed by atoms with Gasteiger partial charge >= 0.3 is 0 Å². The fourth-order valence-electron chi connectivity index (χ4n) is 4.03. The van der Waals surface area contributed by atoms with Crippen LogP contribution in [0.15, 0.2) is 72.8 Å². The second-order valence-electron chi connectivity index (χ2n) is 8.31. The first-order chi connectivity index (χ1) is 16.0. The molecule has 33 heavy (non-hydrogen) atoms. The molecule has 1 heterocycles. The molecule has 3 aromatic carbocycles. The van der Waals surface area contributed by atoms with Crippen LogP contribution in [0.1, 0.15) is 32.6 Å². The van der Waals surface area contributed by atoms with E-state index in [0.717, 1.165) is 27.9 Å². The van der Waals surface area contributed by atoms with Crippen molar-refractivity contribution in [2.45, 2.75) is 13.0 Å². The van der Waals surface area contributed by atoms with Crippen molar-refractivity contribution in [1.82, 2.24) is 10.4 Å². The van der Waals surface area contributed by atoms with Gasteiger partial charge in [-0.1, -0.05) is 48.5 Å². The number of nitrogens with one attached hydrogen (secondary N) is 1. The van der Waals surface area contributed by atoms with Crippen molar-refractivity contribution in [2.24, 2.45) is 0 Å². The van der Waals surface area contributed by atoms with Crippen LogP contribution in [0.3, 0.4) is 0 Å². The molecule has 0 atom stereocenters. The van der Waals surface area contributed by atoms with Crippen molar-refractivity contribution in [1.29, 1.82) is 0 Å². The number of anilines is 1. The molecular weight excluding hydrogens is 414 g/mol. The molecule has 6 nitrogen and oxygen atoms in total. The van der Waals surface area contributed by atoms with E-state index in [9.17, 15) is 9.59 Å². The smallest absolute Gasteiger partial charge is 0.274 e. The van der Waals surface area contributed by atoms with Gasteiger partial charge in [0.05, 0.1) is 0 Å². The van der Waals surface area contributed by atoms with E-state index in [4.69, 9.17) is 5.21 Å². The number of hydrogen-bond donors (Lipinski definition) is 2. The van der Waals surface area contributed by atoms with E-state index in [1.165, 1.54) is 0 Å². The molecule has 0 fully saturated rings. The second-order valence-corrected chi connectivity index (χ2v) is 8.31. The summed E-state index contributed by atoms with van der Waals surface area (Å²) in [5, 5.41) is 8.95. The molecule has 0 radical (unpaired) electrons. The molecule has 1 aliphatic rings. The Morgan fingerprint density at radius 2 is 1.64 bits per heavy atom. The van der Waals surface area contributed by atoms with E-state index in [1.807, 2.05) is 90.6 Å². The molecule has 0 aliphatic carbocycles. The van der Waals surface area contributed by atoms with Crippen LogP contribution in [0.25, 0.3) is 11.6 Å². The molecule has 168 valence electrons. The summed E-state index contributed by atoms with van der Waals surface area (Å²) in [6.07, 6.45) is 2.64. The van der Waals surface area contributed by atoms with Crippen molar-refractivity contribution in [3.63, 3.8) is 0 Å². The summed E-state index contributed by atoms with van der Waals surface area (Å²) < 4.78 is 0. The van der Waals surface area contributed by atoms with Gasteiger partial charge in [-0.15, -0.1) is 0 Å². The minimum atomic E-state index is -0.563. The predicted molar refractivity (Wildman–Crippen MR) is 130 cm³/mol. The molecule has 6 heteroatoms. The number of carbonyl (C=O) groups is 2. The Morgan fingerprint density at radius 1 is 0.939 bits per heavy atom. The van der Waals surface area contributed by atoms with Crippen molar-refractivity contribution in [3.8, 4) is 0 Å². The van der Waals surface area contributed by atoms with Crippen molar-refractivity contribution in [2.75, 3.05) is 25.5 Å². The summed E-state index contributed by atoms with van der Waals surface area (Å²) in [4.78, 5) is 29.4. The van der Waals surface area contributed by atoms with Crippen LogP contribution in [0.2, 0.25) is 0 Å². The Labute approximate surface area is 193 Å². The highest BCUT2D eigenvalue weighted by atomic mass is 16.5. The molecule has 1 aliphatic heterocycles. The second kappa shape index (κ2) is 9.71. The van der Waals surface area contributed by atoms with Crippen LogP contribution >= 0.6 is 0 Å². The number of nitrogens with zero attached hydrogens (tertiary/aromatic N) is 2. The molecule has 0 aromatic heterocycles. The maximum absolute atomic E-state index is 13.7. The van der Waals surface area contributed by atoms with Gasteiger partial charge in [0, 0.05) is 44.0 Å². The topological polar surface area (TPSA) is 72.9 Å². The van der Waals surface area contributed by atoms with Gasteiger partial charge in [0.2, 0.25) is 0 Å². The van der Waals surface area contributed by atoms with Gasteiger partial charge in [-0.05, 0) is 59.0 Å². The number of hydrogen-bond acceptors (Lipinski definition) is 4. The quantitative estimate of drug-likeness (QED) is 0.272. The fourth-order valence-corrected chi connectivity index (χ4v) is 4.03. The van der Waals surface area contributed by atoms with Gasteiger partial charge in [0.25, 0.3) is 11.8 Å². The Hall–Kier alpha value is -3.90. The SMILES string of the molecule is CN(C)c1ccc(C(=Cc2ccccc2)C(=O)N2CCc3ccc(C(=O)NO)cc3C2)cc1. The predicted octanol–water partition coefficient (Wildman–Crippen LogP) is 4.00. The number of hydroxylamine groups is 1. The minimum absolute atomic E-state index is 0.0564. The summed E-state index contributed by atoms with van der Waals surface area (Å²) >= 11 is 0. The van der Waals surface area contributed by atoms with E-state index in [-0.39, 0.29) is 5.91 Å². The lowest BCUT2D eigenvalue weighted by Gasteiger charge is -2.30. The molecule has 0 saturated heterocycles. The monoisotopic (exact) mass is 441 g/mol. The summed E-state index contributed by atoms with van der Waals surface area (Å²) in [5.41, 5.74) is 7.56. The summed E-state index contributed by atoms with van der Waals surface area (Å²) in [5.74, 6) is -0.619. The maximum atomic E-state index is 13.7.